The first-order valence-corrected chi connectivity index (χ1v) is 12.6. The number of rotatable bonds is 4. The monoisotopic (exact) mass is 467 g/mol. The summed E-state index contributed by atoms with van der Waals surface area (Å²) >= 11 is 1.59. The van der Waals surface area contributed by atoms with Crippen molar-refractivity contribution in [1.82, 2.24) is 14.9 Å². The molecular weight excluding hydrogens is 438 g/mol. The van der Waals surface area contributed by atoms with Gasteiger partial charge in [0.15, 0.2) is 0 Å². The Morgan fingerprint density at radius 3 is 2.97 bits per heavy atom. The number of hydrogen-bond acceptors (Lipinski definition) is 7. The van der Waals surface area contributed by atoms with Crippen molar-refractivity contribution in [3.8, 4) is 10.6 Å². The van der Waals surface area contributed by atoms with Crippen LogP contribution in [0.1, 0.15) is 32.4 Å². The van der Waals surface area contributed by atoms with Gasteiger partial charge in [-0.1, -0.05) is 6.08 Å². The highest BCUT2D eigenvalue weighted by atomic mass is 32.1. The van der Waals surface area contributed by atoms with E-state index in [1.165, 1.54) is 0 Å². The Kier molecular flexibility index (Phi) is 6.19. The van der Waals surface area contributed by atoms with E-state index in [1.54, 1.807) is 22.4 Å². The molecule has 7 nitrogen and oxygen atoms in total. The van der Waals surface area contributed by atoms with Crippen LogP contribution in [0.15, 0.2) is 36.0 Å². The third-order valence-electron chi connectivity index (χ3n) is 7.38. The predicted octanol–water partition coefficient (Wildman–Crippen LogP) is 4.51. The molecule has 0 spiro atoms. The number of ether oxygens (including phenoxy) is 2. The van der Waals surface area contributed by atoms with E-state index in [-0.39, 0.29) is 41.8 Å². The first kappa shape index (κ1) is 22.1. The minimum atomic E-state index is -0.253. The summed E-state index contributed by atoms with van der Waals surface area (Å²) < 4.78 is 10.9. The van der Waals surface area contributed by atoms with Crippen molar-refractivity contribution < 1.29 is 19.1 Å². The summed E-state index contributed by atoms with van der Waals surface area (Å²) in [5, 5.41) is 2.91. The molecule has 33 heavy (non-hydrogen) atoms. The predicted molar refractivity (Wildman–Crippen MR) is 125 cm³/mol. The van der Waals surface area contributed by atoms with Gasteiger partial charge < -0.3 is 14.4 Å². The average molecular weight is 468 g/mol. The molecule has 2 saturated heterocycles. The molecule has 0 aromatic carbocycles. The quantitative estimate of drug-likeness (QED) is 0.616. The second kappa shape index (κ2) is 9.25. The molecule has 5 rings (SSSR count). The summed E-state index contributed by atoms with van der Waals surface area (Å²) in [5.41, 5.74) is 1.89. The molecular formula is C25H29N3O4S. The van der Waals surface area contributed by atoms with Crippen LogP contribution in [0.2, 0.25) is 0 Å². The second-order valence-electron chi connectivity index (χ2n) is 9.16. The lowest BCUT2D eigenvalue weighted by molar-refractivity contribution is -0.144. The van der Waals surface area contributed by atoms with Crippen LogP contribution in [0.3, 0.4) is 0 Å². The normalized spacial score (nSPS) is 31.2. The number of esters is 1. The number of fused-ring (bicyclic) bond motifs is 2. The first-order valence-electron chi connectivity index (χ1n) is 11.7. The topological polar surface area (TPSA) is 81.6 Å². The molecule has 0 N–H and O–H groups in total. The Hall–Kier alpha value is -2.74. The third-order valence-corrected chi connectivity index (χ3v) is 8.20. The smallest absolute Gasteiger partial charge is 0.409 e. The van der Waals surface area contributed by atoms with E-state index in [9.17, 15) is 9.59 Å². The average Bonchev–Trinajstić information content (AvgIpc) is 3.45. The van der Waals surface area contributed by atoms with E-state index in [0.717, 1.165) is 29.1 Å². The van der Waals surface area contributed by atoms with Crippen molar-refractivity contribution in [3.63, 3.8) is 0 Å². The molecule has 2 aromatic heterocycles. The van der Waals surface area contributed by atoms with Gasteiger partial charge >= 0.3 is 12.1 Å². The summed E-state index contributed by atoms with van der Waals surface area (Å²) in [7, 11) is 0. The summed E-state index contributed by atoms with van der Waals surface area (Å²) in [6.07, 6.45) is 9.29. The first-order chi connectivity index (χ1) is 16.0. The van der Waals surface area contributed by atoms with Crippen LogP contribution < -0.4 is 0 Å². The molecule has 0 unspecified atom stereocenters. The zero-order chi connectivity index (χ0) is 22.9. The summed E-state index contributed by atoms with van der Waals surface area (Å²) in [6, 6.07) is 4.05. The van der Waals surface area contributed by atoms with Gasteiger partial charge in [0.25, 0.3) is 0 Å². The molecule has 1 amide bonds. The van der Waals surface area contributed by atoms with Crippen LogP contribution in [-0.2, 0) is 14.3 Å². The van der Waals surface area contributed by atoms with E-state index in [1.807, 2.05) is 37.6 Å². The van der Waals surface area contributed by atoms with E-state index in [4.69, 9.17) is 9.47 Å². The van der Waals surface area contributed by atoms with Crippen molar-refractivity contribution in [2.45, 2.75) is 32.8 Å². The number of nitrogens with zero attached hydrogens (tertiary/aromatic N) is 3. The third kappa shape index (κ3) is 4.28. The van der Waals surface area contributed by atoms with Crippen LogP contribution in [0.25, 0.3) is 16.6 Å². The summed E-state index contributed by atoms with van der Waals surface area (Å²) in [5.74, 6) is 0.831. The Morgan fingerprint density at radius 2 is 2.24 bits per heavy atom. The van der Waals surface area contributed by atoms with Crippen molar-refractivity contribution in [2.24, 2.45) is 29.6 Å². The minimum Gasteiger partial charge on any atom is -0.462 e. The van der Waals surface area contributed by atoms with Crippen LogP contribution in [0.4, 0.5) is 4.79 Å². The van der Waals surface area contributed by atoms with Crippen LogP contribution >= 0.6 is 11.3 Å². The highest BCUT2D eigenvalue weighted by Gasteiger charge is 2.54. The lowest BCUT2D eigenvalue weighted by atomic mass is 9.59. The second-order valence-corrected chi connectivity index (χ2v) is 10.1. The lowest BCUT2D eigenvalue weighted by Gasteiger charge is -2.48. The number of thiazole rings is 1. The molecule has 0 bridgehead atoms. The fourth-order valence-electron chi connectivity index (χ4n) is 5.94. The van der Waals surface area contributed by atoms with E-state index < -0.39 is 0 Å². The molecule has 2 aromatic rings. The maximum absolute atomic E-state index is 12.6. The van der Waals surface area contributed by atoms with Crippen molar-refractivity contribution in [1.29, 1.82) is 0 Å². The number of carbonyl (C=O) groups excluding carboxylic acids is 2. The Bertz CT molecular complexity index is 1020. The Labute approximate surface area is 197 Å². The Balaban J connectivity index is 1.37. The fraction of sp³-hybridized carbons (Fsp3) is 0.520. The SMILES string of the molecule is CCOC(=O)N1CC[C@@H]2[C@H](C[C@H]3C(=O)O[C@H](C)[C@H]3[C@H]2C=Cc2ccc(-c3nccs3)cn2)C1. The molecule has 2 aliphatic heterocycles. The van der Waals surface area contributed by atoms with Gasteiger partial charge in [0.05, 0.1) is 18.2 Å². The zero-order valence-corrected chi connectivity index (χ0v) is 19.7. The number of carbonyl (C=O) groups is 2. The summed E-state index contributed by atoms with van der Waals surface area (Å²) in [6.45, 7) is 5.53. The number of likely N-dealkylation sites (tertiary alicyclic amines) is 1. The van der Waals surface area contributed by atoms with Crippen molar-refractivity contribution >= 4 is 29.5 Å². The number of aromatic nitrogens is 2. The summed E-state index contributed by atoms with van der Waals surface area (Å²) in [4.78, 5) is 35.7. The van der Waals surface area contributed by atoms with Crippen LogP contribution in [0, 0.1) is 29.6 Å². The molecule has 4 heterocycles. The zero-order valence-electron chi connectivity index (χ0n) is 18.9. The minimum absolute atomic E-state index is 0.0940. The highest BCUT2D eigenvalue weighted by molar-refractivity contribution is 7.13. The maximum atomic E-state index is 12.6. The van der Waals surface area contributed by atoms with Crippen molar-refractivity contribution in [2.75, 3.05) is 19.7 Å². The van der Waals surface area contributed by atoms with Gasteiger partial charge in [-0.3, -0.25) is 9.78 Å². The maximum Gasteiger partial charge on any atom is 0.409 e. The lowest BCUT2D eigenvalue weighted by Crippen LogP contribution is -2.51. The van der Waals surface area contributed by atoms with Gasteiger partial charge in [0.1, 0.15) is 11.1 Å². The number of piperidine rings is 1. The highest BCUT2D eigenvalue weighted by Crippen LogP contribution is 2.51. The van der Waals surface area contributed by atoms with Gasteiger partial charge in [-0.2, -0.15) is 0 Å². The van der Waals surface area contributed by atoms with Gasteiger partial charge in [0.2, 0.25) is 0 Å². The van der Waals surface area contributed by atoms with Gasteiger partial charge in [0, 0.05) is 42.3 Å². The molecule has 1 saturated carbocycles. The van der Waals surface area contributed by atoms with Gasteiger partial charge in [-0.15, -0.1) is 11.3 Å². The molecule has 3 aliphatic rings. The molecule has 1 aliphatic carbocycles. The molecule has 3 fully saturated rings. The van der Waals surface area contributed by atoms with Gasteiger partial charge in [-0.25, -0.2) is 9.78 Å². The number of hydrogen-bond donors (Lipinski definition) is 0. The standard InChI is InChI=1S/C25H29N3O4S/c1-3-31-25(30)28-10-8-19-17(14-28)12-21-22(15(2)32-24(21)29)20(19)7-6-18-5-4-16(13-27-18)23-26-9-11-33-23/h4-7,9,11,13,15,17,19-22H,3,8,10,12,14H2,1-2H3/t15-,17-,19-,20+,21-,22+/m1/s1. The number of cyclic esters (lactones) is 1. The Morgan fingerprint density at radius 1 is 1.36 bits per heavy atom. The molecule has 8 heteroatoms. The number of pyridine rings is 1. The fourth-order valence-corrected chi connectivity index (χ4v) is 6.57. The largest absolute Gasteiger partial charge is 0.462 e. The molecule has 6 atom stereocenters. The van der Waals surface area contributed by atoms with Crippen LogP contribution in [0.5, 0.6) is 0 Å². The number of allylic oxidation sites excluding steroid dienone is 1. The van der Waals surface area contributed by atoms with Crippen LogP contribution in [-0.4, -0.2) is 52.7 Å². The van der Waals surface area contributed by atoms with Crippen molar-refractivity contribution in [3.05, 3.63) is 41.7 Å². The van der Waals surface area contributed by atoms with E-state index in [2.05, 4.69) is 22.1 Å². The van der Waals surface area contributed by atoms with E-state index in [0.29, 0.717) is 25.6 Å². The van der Waals surface area contributed by atoms with Gasteiger partial charge in [-0.05, 0) is 62.7 Å². The van der Waals surface area contributed by atoms with E-state index >= 15 is 0 Å². The molecule has 174 valence electrons. The number of amides is 1. The molecule has 0 radical (unpaired) electrons.